The van der Waals surface area contributed by atoms with Gasteiger partial charge in [-0.1, -0.05) is 0 Å². The minimum atomic E-state index is -1.03. The van der Waals surface area contributed by atoms with Crippen molar-refractivity contribution in [1.29, 1.82) is 0 Å². The van der Waals surface area contributed by atoms with Crippen LogP contribution in [0.25, 0.3) is 11.1 Å². The molecule has 12 nitrogen and oxygen atoms in total. The zero-order valence-corrected chi connectivity index (χ0v) is 16.9. The molecular weight excluding hydrogens is 416 g/mol. The predicted molar refractivity (Wildman–Crippen MR) is 113 cm³/mol. The van der Waals surface area contributed by atoms with Gasteiger partial charge in [-0.15, -0.1) is 0 Å². The van der Waals surface area contributed by atoms with Gasteiger partial charge in [0.2, 0.25) is 0 Å². The summed E-state index contributed by atoms with van der Waals surface area (Å²) in [7, 11) is 1.78. The number of nitrogens with zero attached hydrogens (tertiary/aromatic N) is 6. The molecule has 0 bridgehead atoms. The van der Waals surface area contributed by atoms with E-state index in [9.17, 15) is 9.59 Å². The largest absolute Gasteiger partial charge is 0.478 e. The normalized spacial score (nSPS) is 13.8. The first-order valence-corrected chi connectivity index (χ1v) is 9.68. The molecule has 4 N–H and O–H groups in total. The Balaban J connectivity index is 1.32. The maximum absolute atomic E-state index is 11.9. The van der Waals surface area contributed by atoms with Crippen molar-refractivity contribution in [3.8, 4) is 0 Å². The molecule has 4 aromatic rings. The number of carboxylic acid groups (broad SMARTS) is 1. The van der Waals surface area contributed by atoms with Crippen molar-refractivity contribution in [1.82, 2.24) is 24.7 Å². The van der Waals surface area contributed by atoms with Gasteiger partial charge in [-0.05, 0) is 18.2 Å². The quantitative estimate of drug-likeness (QED) is 0.405. The zero-order chi connectivity index (χ0) is 22.4. The summed E-state index contributed by atoms with van der Waals surface area (Å²) in [4.78, 5) is 38.2. The number of primary amides is 1. The Kier molecular flexibility index (Phi) is 4.47. The molecule has 0 atom stereocenters. The molecule has 0 spiro atoms. The van der Waals surface area contributed by atoms with Crippen LogP contribution in [-0.2, 0) is 7.05 Å². The van der Waals surface area contributed by atoms with Crippen LogP contribution >= 0.6 is 0 Å². The molecule has 32 heavy (non-hydrogen) atoms. The lowest BCUT2D eigenvalue weighted by Crippen LogP contribution is -2.45. The third-order valence-corrected chi connectivity index (χ3v) is 5.19. The zero-order valence-electron chi connectivity index (χ0n) is 16.9. The number of nitrogens with one attached hydrogen (secondary N) is 1. The molecule has 4 heterocycles. The van der Waals surface area contributed by atoms with Crippen molar-refractivity contribution in [3.63, 3.8) is 0 Å². The van der Waals surface area contributed by atoms with E-state index in [1.54, 1.807) is 36.4 Å². The summed E-state index contributed by atoms with van der Waals surface area (Å²) < 4.78 is 7.34. The topological polar surface area (TPSA) is 165 Å². The number of aromatic carboxylic acids is 1. The van der Waals surface area contributed by atoms with Crippen LogP contribution in [0.15, 0.2) is 41.2 Å². The van der Waals surface area contributed by atoms with Gasteiger partial charge in [-0.2, -0.15) is 10.1 Å². The fourth-order valence-corrected chi connectivity index (χ4v) is 3.49. The molecule has 0 aliphatic carbocycles. The van der Waals surface area contributed by atoms with E-state index < -0.39 is 11.9 Å². The van der Waals surface area contributed by atoms with Gasteiger partial charge in [0.25, 0.3) is 11.9 Å². The molecule has 1 saturated heterocycles. The number of carboxylic acids is 1. The number of amides is 1. The predicted octanol–water partition coefficient (Wildman–Crippen LogP) is 1.50. The first-order chi connectivity index (χ1) is 15.4. The summed E-state index contributed by atoms with van der Waals surface area (Å²) >= 11 is 0. The summed E-state index contributed by atoms with van der Waals surface area (Å²) in [5.74, 6) is -1.44. The Labute approximate surface area is 180 Å². The van der Waals surface area contributed by atoms with Crippen molar-refractivity contribution in [2.45, 2.75) is 5.92 Å². The number of hydrogen-bond acceptors (Lipinski definition) is 9. The number of rotatable bonds is 6. The molecular formula is C20H18N8O4. The molecule has 12 heteroatoms. The van der Waals surface area contributed by atoms with Gasteiger partial charge in [0.05, 0.1) is 29.3 Å². The third-order valence-electron chi connectivity index (χ3n) is 5.19. The number of carbonyl (C=O) groups excluding carboxylic acids is 1. The maximum atomic E-state index is 11.9. The Morgan fingerprint density at radius 3 is 2.75 bits per heavy atom. The van der Waals surface area contributed by atoms with Gasteiger partial charge < -0.3 is 25.5 Å². The lowest BCUT2D eigenvalue weighted by atomic mass is 9.97. The van der Waals surface area contributed by atoms with Crippen molar-refractivity contribution >= 4 is 40.5 Å². The average Bonchev–Trinajstić information content (AvgIpc) is 3.32. The Bertz CT molecular complexity index is 1350. The summed E-state index contributed by atoms with van der Waals surface area (Å²) in [6.45, 7) is 1.11. The van der Waals surface area contributed by atoms with E-state index in [0.29, 0.717) is 41.6 Å². The monoisotopic (exact) mass is 434 g/mol. The van der Waals surface area contributed by atoms with Gasteiger partial charge in [0.1, 0.15) is 5.52 Å². The molecule has 3 aromatic heterocycles. The number of hydrogen-bond donors (Lipinski definition) is 3. The van der Waals surface area contributed by atoms with E-state index in [0.717, 1.165) is 0 Å². The fraction of sp³-hybridized carbons (Fsp3) is 0.200. The smallest absolute Gasteiger partial charge is 0.335 e. The lowest BCUT2D eigenvalue weighted by Gasteiger charge is -2.37. The van der Waals surface area contributed by atoms with Gasteiger partial charge in [0, 0.05) is 32.3 Å². The fourth-order valence-electron chi connectivity index (χ4n) is 3.49. The number of aromatic nitrogens is 5. The highest BCUT2D eigenvalue weighted by molar-refractivity contribution is 5.96. The molecule has 1 amide bonds. The molecule has 1 aromatic carbocycles. The highest BCUT2D eigenvalue weighted by atomic mass is 16.4. The van der Waals surface area contributed by atoms with E-state index in [-0.39, 0.29) is 23.0 Å². The van der Waals surface area contributed by atoms with Crippen LogP contribution in [-0.4, -0.2) is 54.8 Å². The van der Waals surface area contributed by atoms with Gasteiger partial charge in [-0.3, -0.25) is 9.48 Å². The minimum Gasteiger partial charge on any atom is -0.478 e. The third kappa shape index (κ3) is 3.47. The number of aryl methyl sites for hydroxylation is 1. The van der Waals surface area contributed by atoms with Gasteiger partial charge in [0.15, 0.2) is 17.1 Å². The van der Waals surface area contributed by atoms with Crippen LogP contribution < -0.4 is 16.0 Å². The van der Waals surface area contributed by atoms with Crippen LogP contribution in [0.2, 0.25) is 0 Å². The molecule has 1 aliphatic rings. The van der Waals surface area contributed by atoms with Crippen LogP contribution in [0.1, 0.15) is 32.5 Å². The van der Waals surface area contributed by atoms with Crippen LogP contribution in [0.5, 0.6) is 0 Å². The second-order valence-corrected chi connectivity index (χ2v) is 7.47. The highest BCUT2D eigenvalue weighted by Crippen LogP contribution is 2.33. The molecule has 1 fully saturated rings. The van der Waals surface area contributed by atoms with E-state index in [2.05, 4.69) is 25.4 Å². The number of carbonyl (C=O) groups is 2. The van der Waals surface area contributed by atoms with Gasteiger partial charge in [-0.25, -0.2) is 14.8 Å². The summed E-state index contributed by atoms with van der Waals surface area (Å²) in [6, 6.07) is 4.94. The number of anilines is 3. The maximum Gasteiger partial charge on any atom is 0.335 e. The molecule has 0 saturated carbocycles. The van der Waals surface area contributed by atoms with Crippen molar-refractivity contribution in [3.05, 3.63) is 53.7 Å². The number of benzene rings is 1. The Morgan fingerprint density at radius 1 is 1.25 bits per heavy atom. The number of fused-ring (bicyclic) bond motifs is 1. The van der Waals surface area contributed by atoms with Crippen molar-refractivity contribution < 1.29 is 19.1 Å². The van der Waals surface area contributed by atoms with E-state index in [1.807, 2.05) is 4.90 Å². The molecule has 162 valence electrons. The van der Waals surface area contributed by atoms with E-state index >= 15 is 0 Å². The minimum absolute atomic E-state index is 0.0117. The second kappa shape index (κ2) is 7.34. The summed E-state index contributed by atoms with van der Waals surface area (Å²) in [5, 5.41) is 16.2. The Hall–Kier alpha value is -4.48. The van der Waals surface area contributed by atoms with Crippen molar-refractivity contribution in [2.24, 2.45) is 12.8 Å². The second-order valence-electron chi connectivity index (χ2n) is 7.47. The number of nitrogens with two attached hydrogens (primary N) is 1. The standard InChI is InChI=1S/C20H18N8O4/c1-27-9-12(5-23-27)24-18-16(17(21)29)25-14(6-22-18)11-7-28(8-11)20-26-13-3-2-10(19(30)31)4-15(13)32-20/h2-6,9,11H,7-8H2,1H3,(H2,21,29)(H,22,24)(H,30,31). The summed E-state index contributed by atoms with van der Waals surface area (Å²) in [6.07, 6.45) is 4.95. The average molecular weight is 434 g/mol. The van der Waals surface area contributed by atoms with E-state index in [1.165, 1.54) is 12.1 Å². The van der Waals surface area contributed by atoms with Crippen LogP contribution in [0, 0.1) is 0 Å². The number of oxazole rings is 1. The lowest BCUT2D eigenvalue weighted by molar-refractivity contribution is 0.0696. The molecule has 1 aliphatic heterocycles. The summed E-state index contributed by atoms with van der Waals surface area (Å²) in [5.41, 5.74) is 7.98. The SMILES string of the molecule is Cn1cc(Nc2ncc(C3CN(c4nc5ccc(C(=O)O)cc5o4)C3)nc2C(N)=O)cn1. The molecule has 0 radical (unpaired) electrons. The van der Waals surface area contributed by atoms with Crippen LogP contribution in [0.3, 0.4) is 0 Å². The molecule has 0 unspecified atom stereocenters. The first-order valence-electron chi connectivity index (χ1n) is 9.68. The first kappa shape index (κ1) is 19.5. The van der Waals surface area contributed by atoms with Crippen molar-refractivity contribution in [2.75, 3.05) is 23.3 Å². The highest BCUT2D eigenvalue weighted by Gasteiger charge is 2.33. The molecule has 5 rings (SSSR count). The van der Waals surface area contributed by atoms with Gasteiger partial charge >= 0.3 is 5.97 Å². The van der Waals surface area contributed by atoms with Crippen LogP contribution in [0.4, 0.5) is 17.5 Å². The van der Waals surface area contributed by atoms with E-state index in [4.69, 9.17) is 15.3 Å². The Morgan fingerprint density at radius 2 is 2.06 bits per heavy atom.